The minimum Gasteiger partial charge on any atom is -0.438 e. The lowest BCUT2D eigenvalue weighted by molar-refractivity contribution is -0.137. The Morgan fingerprint density at radius 1 is 1.03 bits per heavy atom. The molecule has 0 spiro atoms. The zero-order valence-corrected chi connectivity index (χ0v) is 16.3. The van der Waals surface area contributed by atoms with Gasteiger partial charge >= 0.3 is 6.18 Å². The van der Waals surface area contributed by atoms with E-state index in [2.05, 4.69) is 15.3 Å². The van der Waals surface area contributed by atoms with Crippen LogP contribution in [0.3, 0.4) is 0 Å². The van der Waals surface area contributed by atoms with Crippen molar-refractivity contribution in [2.45, 2.75) is 13.1 Å². The molecule has 2 aromatic carbocycles. The van der Waals surface area contributed by atoms with Gasteiger partial charge in [-0.2, -0.15) is 13.2 Å². The van der Waals surface area contributed by atoms with Gasteiger partial charge in [-0.15, -0.1) is 0 Å². The molecule has 8 heteroatoms. The van der Waals surface area contributed by atoms with E-state index in [9.17, 15) is 18.0 Å². The number of amides is 1. The molecule has 0 unspecified atom stereocenters. The van der Waals surface area contributed by atoms with Gasteiger partial charge in [0.2, 0.25) is 5.55 Å². The second-order valence-electron chi connectivity index (χ2n) is 6.83. The van der Waals surface area contributed by atoms with Crippen molar-refractivity contribution >= 4 is 28.4 Å². The smallest absolute Gasteiger partial charge is 0.416 e. The van der Waals surface area contributed by atoms with Crippen molar-refractivity contribution in [3.05, 3.63) is 95.2 Å². The number of hydrogen-bond acceptors (Lipinski definition) is 4. The molecule has 0 aliphatic heterocycles. The summed E-state index contributed by atoms with van der Waals surface area (Å²) in [5, 5.41) is 3.36. The van der Waals surface area contributed by atoms with E-state index < -0.39 is 17.6 Å². The van der Waals surface area contributed by atoms with Crippen LogP contribution in [0.25, 0.3) is 11.0 Å². The summed E-state index contributed by atoms with van der Waals surface area (Å²) in [6, 6.07) is 16.4. The second-order valence-corrected chi connectivity index (χ2v) is 6.83. The number of halogens is 3. The maximum Gasteiger partial charge on any atom is 0.416 e. The average Bonchev–Trinajstić information content (AvgIpc) is 2.74. The monoisotopic (exact) mass is 423 g/mol. The van der Waals surface area contributed by atoms with Crippen molar-refractivity contribution in [1.82, 2.24) is 4.98 Å². The molecular formula is C23H16F3N3O2. The highest BCUT2D eigenvalue weighted by molar-refractivity contribution is 6.04. The van der Waals surface area contributed by atoms with Crippen LogP contribution in [0.1, 0.15) is 21.5 Å². The van der Waals surface area contributed by atoms with E-state index in [1.54, 1.807) is 48.7 Å². The number of alkyl halides is 3. The molecule has 0 atom stereocenters. The van der Waals surface area contributed by atoms with Crippen molar-refractivity contribution < 1.29 is 22.4 Å². The highest BCUT2D eigenvalue weighted by atomic mass is 19.4. The average molecular weight is 423 g/mol. The molecule has 0 aliphatic carbocycles. The number of fused-ring (bicyclic) bond motifs is 1. The van der Waals surface area contributed by atoms with Gasteiger partial charge in [0.05, 0.1) is 11.3 Å². The summed E-state index contributed by atoms with van der Waals surface area (Å²) in [5.41, 5.74) is 0.957. The number of hydrogen-bond donors (Lipinski definition) is 1. The molecule has 0 fully saturated rings. The first-order valence-corrected chi connectivity index (χ1v) is 9.28. The number of anilines is 1. The number of pyridine rings is 1. The normalized spacial score (nSPS) is 12.2. The van der Waals surface area contributed by atoms with Crippen molar-refractivity contribution in [1.29, 1.82) is 0 Å². The molecule has 4 rings (SSSR count). The van der Waals surface area contributed by atoms with Gasteiger partial charge in [0, 0.05) is 11.6 Å². The van der Waals surface area contributed by atoms with Crippen LogP contribution in [-0.2, 0) is 6.18 Å². The molecule has 0 saturated heterocycles. The summed E-state index contributed by atoms with van der Waals surface area (Å²) in [4.78, 5) is 21.3. The Bertz CT molecular complexity index is 1310. The summed E-state index contributed by atoms with van der Waals surface area (Å²) in [6.45, 7) is 1.88. The van der Waals surface area contributed by atoms with Crippen LogP contribution in [-0.4, -0.2) is 10.9 Å². The lowest BCUT2D eigenvalue weighted by Gasteiger charge is -2.07. The molecule has 0 radical (unpaired) electrons. The molecule has 4 aromatic rings. The Balaban J connectivity index is 1.78. The molecule has 2 heterocycles. The van der Waals surface area contributed by atoms with Gasteiger partial charge in [0.25, 0.3) is 5.91 Å². The SMILES string of the molecule is Cc1ccc(NC(=O)c2cc3ccccc3oc2=Nc2ccc(C(F)(F)F)cc2)nc1. The molecule has 1 N–H and O–H groups in total. The first-order chi connectivity index (χ1) is 14.8. The van der Waals surface area contributed by atoms with E-state index in [1.165, 1.54) is 12.1 Å². The molecule has 0 aliphatic rings. The number of rotatable bonds is 3. The summed E-state index contributed by atoms with van der Waals surface area (Å²) in [6.07, 6.45) is -2.83. The van der Waals surface area contributed by atoms with Gasteiger partial charge < -0.3 is 9.73 Å². The van der Waals surface area contributed by atoms with Gasteiger partial charge in [-0.25, -0.2) is 9.98 Å². The molecule has 2 aromatic heterocycles. The summed E-state index contributed by atoms with van der Waals surface area (Å²) < 4.78 is 44.2. The van der Waals surface area contributed by atoms with Crippen LogP contribution in [0, 0.1) is 6.92 Å². The van der Waals surface area contributed by atoms with Crippen molar-refractivity contribution in [3.63, 3.8) is 0 Å². The highest BCUT2D eigenvalue weighted by Crippen LogP contribution is 2.30. The van der Waals surface area contributed by atoms with E-state index in [4.69, 9.17) is 4.42 Å². The number of nitrogens with zero attached hydrogens (tertiary/aromatic N) is 2. The second kappa shape index (κ2) is 8.06. The third-order valence-electron chi connectivity index (χ3n) is 4.48. The summed E-state index contributed by atoms with van der Waals surface area (Å²) in [5.74, 6) is -0.152. The number of aromatic nitrogens is 1. The van der Waals surface area contributed by atoms with Crippen LogP contribution in [0.4, 0.5) is 24.7 Å². The van der Waals surface area contributed by atoms with Gasteiger partial charge in [-0.1, -0.05) is 24.3 Å². The van der Waals surface area contributed by atoms with E-state index >= 15 is 0 Å². The maximum atomic E-state index is 12.9. The lowest BCUT2D eigenvalue weighted by atomic mass is 10.1. The zero-order chi connectivity index (χ0) is 22.0. The predicted molar refractivity (Wildman–Crippen MR) is 110 cm³/mol. The fourth-order valence-electron chi connectivity index (χ4n) is 2.88. The Kier molecular flexibility index (Phi) is 5.29. The predicted octanol–water partition coefficient (Wildman–Crippen LogP) is 5.64. The van der Waals surface area contributed by atoms with Crippen molar-refractivity contribution in [3.8, 4) is 0 Å². The standard InChI is InChI=1S/C23H16F3N3O2/c1-14-6-11-20(27-13-14)29-21(30)18-12-15-4-2-3-5-19(15)31-22(18)28-17-9-7-16(8-10-17)23(24,25)26/h2-13H,1H3,(H,27,29,30). The minimum atomic E-state index is -4.45. The Hall–Kier alpha value is -3.94. The molecule has 5 nitrogen and oxygen atoms in total. The van der Waals surface area contributed by atoms with Crippen molar-refractivity contribution in [2.75, 3.05) is 5.32 Å². The van der Waals surface area contributed by atoms with Gasteiger partial charge in [0.1, 0.15) is 17.0 Å². The largest absolute Gasteiger partial charge is 0.438 e. The number of benzene rings is 2. The van der Waals surface area contributed by atoms with E-state index in [1.807, 2.05) is 6.92 Å². The Morgan fingerprint density at radius 3 is 2.45 bits per heavy atom. The molecule has 156 valence electrons. The van der Waals surface area contributed by atoms with Crippen LogP contribution in [0.15, 0.2) is 82.3 Å². The number of aryl methyl sites for hydroxylation is 1. The third kappa shape index (κ3) is 4.63. The third-order valence-corrected chi connectivity index (χ3v) is 4.48. The van der Waals surface area contributed by atoms with Crippen LogP contribution in [0.2, 0.25) is 0 Å². The number of para-hydroxylation sites is 1. The van der Waals surface area contributed by atoms with Crippen LogP contribution >= 0.6 is 0 Å². The quantitative estimate of drug-likeness (QED) is 0.464. The first-order valence-electron chi connectivity index (χ1n) is 9.28. The fraction of sp³-hybridized carbons (Fsp3) is 0.0870. The first kappa shape index (κ1) is 20.3. The fourth-order valence-corrected chi connectivity index (χ4v) is 2.88. The Labute approximate surface area is 174 Å². The summed E-state index contributed by atoms with van der Waals surface area (Å²) >= 11 is 0. The molecule has 0 bridgehead atoms. The summed E-state index contributed by atoms with van der Waals surface area (Å²) in [7, 11) is 0. The molecule has 0 saturated carbocycles. The molecule has 1 amide bonds. The number of carbonyl (C=O) groups excluding carboxylic acids is 1. The zero-order valence-electron chi connectivity index (χ0n) is 16.3. The maximum absolute atomic E-state index is 12.9. The minimum absolute atomic E-state index is 0.0249. The molecular weight excluding hydrogens is 407 g/mol. The lowest BCUT2D eigenvalue weighted by Crippen LogP contribution is -2.22. The van der Waals surface area contributed by atoms with Crippen molar-refractivity contribution in [2.24, 2.45) is 4.99 Å². The Morgan fingerprint density at radius 2 is 1.77 bits per heavy atom. The van der Waals surface area contributed by atoms with Crippen LogP contribution < -0.4 is 10.9 Å². The number of carbonyl (C=O) groups is 1. The van der Waals surface area contributed by atoms with Gasteiger partial charge in [0.15, 0.2) is 0 Å². The van der Waals surface area contributed by atoms with Gasteiger partial charge in [-0.05, 0) is 55.0 Å². The molecule has 31 heavy (non-hydrogen) atoms. The number of nitrogens with one attached hydrogen (secondary N) is 1. The van der Waals surface area contributed by atoms with E-state index in [-0.39, 0.29) is 16.8 Å². The van der Waals surface area contributed by atoms with Gasteiger partial charge in [-0.3, -0.25) is 4.79 Å². The van der Waals surface area contributed by atoms with Crippen LogP contribution in [0.5, 0.6) is 0 Å². The van der Waals surface area contributed by atoms with E-state index in [0.717, 1.165) is 17.7 Å². The van der Waals surface area contributed by atoms with E-state index in [0.29, 0.717) is 16.8 Å². The highest BCUT2D eigenvalue weighted by Gasteiger charge is 2.29. The topological polar surface area (TPSA) is 67.5 Å².